The number of carbonyl (C=O) groups excluding carboxylic acids is 1. The summed E-state index contributed by atoms with van der Waals surface area (Å²) in [6.07, 6.45) is -0.195. The number of hydrogen-bond acceptors (Lipinski definition) is 8. The van der Waals surface area contributed by atoms with Crippen molar-refractivity contribution in [1.29, 1.82) is 0 Å². The molecule has 2 aromatic rings. The molecule has 0 unspecified atom stereocenters. The molecule has 7 nitrogen and oxygen atoms in total. The number of esters is 1. The summed E-state index contributed by atoms with van der Waals surface area (Å²) in [5.74, 6) is -0.350. The number of aliphatic hydroxyl groups excluding tert-OH is 1. The van der Waals surface area contributed by atoms with Crippen LogP contribution < -0.4 is 5.32 Å². The number of methoxy groups -OCH3 is 1. The molecule has 1 aliphatic rings. The van der Waals surface area contributed by atoms with Crippen LogP contribution in [0.15, 0.2) is 24.3 Å². The van der Waals surface area contributed by atoms with Crippen LogP contribution in [-0.4, -0.2) is 51.6 Å². The Morgan fingerprint density at radius 1 is 1.52 bits per heavy atom. The quantitative estimate of drug-likeness (QED) is 0.608. The Morgan fingerprint density at radius 2 is 2.28 bits per heavy atom. The average molecular weight is 380 g/mol. The molecule has 2 heterocycles. The number of nitrogens with one attached hydrogen (secondary N) is 1. The maximum atomic E-state index is 11.9. The summed E-state index contributed by atoms with van der Waals surface area (Å²) in [6, 6.07) is 7.46. The molecule has 2 N–H and O–H groups in total. The predicted octanol–water partition coefficient (Wildman–Crippen LogP) is 2.29. The van der Waals surface area contributed by atoms with Crippen LogP contribution in [0, 0.1) is 10.9 Å². The van der Waals surface area contributed by atoms with E-state index >= 15 is 0 Å². The normalized spacial score (nSPS) is 20.6. The number of hydrogen-bond donors (Lipinski definition) is 2. The van der Waals surface area contributed by atoms with Gasteiger partial charge in [0.25, 0.3) is 0 Å². The molecule has 1 aliphatic heterocycles. The molecule has 9 heteroatoms. The molecule has 1 aromatic heterocycles. The first kappa shape index (κ1) is 18.0. The number of aliphatic hydroxyl groups is 1. The number of para-hydroxylation sites is 1. The molecule has 0 bridgehead atoms. The predicted molar refractivity (Wildman–Crippen MR) is 98.5 cm³/mol. The third kappa shape index (κ3) is 4.06. The summed E-state index contributed by atoms with van der Waals surface area (Å²) in [7, 11) is 1.35. The number of aromatic nitrogens is 2. The second-order valence-electron chi connectivity index (χ2n) is 5.95. The zero-order valence-electron chi connectivity index (χ0n) is 14.0. The highest BCUT2D eigenvalue weighted by atomic mass is 32.1. The largest absolute Gasteiger partial charge is 0.468 e. The fourth-order valence-corrected chi connectivity index (χ4v) is 3.87. The Hall–Kier alpha value is -1.81. The highest BCUT2D eigenvalue weighted by molar-refractivity contribution is 7.73. The Bertz CT molecular complexity index is 820. The molecule has 0 aliphatic carbocycles. The minimum absolute atomic E-state index is 0.335. The highest BCUT2D eigenvalue weighted by Gasteiger charge is 2.37. The van der Waals surface area contributed by atoms with E-state index in [1.54, 1.807) is 4.68 Å². The lowest BCUT2D eigenvalue weighted by Gasteiger charge is -2.21. The van der Waals surface area contributed by atoms with Gasteiger partial charge in [0.1, 0.15) is 6.04 Å². The maximum absolute atomic E-state index is 11.9. The first-order valence-corrected chi connectivity index (χ1v) is 9.11. The van der Waals surface area contributed by atoms with E-state index in [1.165, 1.54) is 18.4 Å². The molecule has 1 fully saturated rings. The van der Waals surface area contributed by atoms with E-state index in [0.29, 0.717) is 28.7 Å². The van der Waals surface area contributed by atoms with Crippen molar-refractivity contribution >= 4 is 40.3 Å². The first-order valence-electron chi connectivity index (χ1n) is 7.88. The van der Waals surface area contributed by atoms with Crippen LogP contribution in [0.1, 0.15) is 12.0 Å². The lowest BCUT2D eigenvalue weighted by molar-refractivity contribution is -0.146. The molecule has 25 heavy (non-hydrogen) atoms. The average Bonchev–Trinajstić information content (AvgIpc) is 3.12. The summed E-state index contributed by atoms with van der Waals surface area (Å²) in [4.78, 5) is 13.7. The number of anilines is 2. The van der Waals surface area contributed by atoms with Crippen LogP contribution in [-0.2, 0) is 16.2 Å². The van der Waals surface area contributed by atoms with E-state index < -0.39 is 12.1 Å². The molecule has 0 amide bonds. The van der Waals surface area contributed by atoms with Crippen molar-refractivity contribution in [3.05, 3.63) is 33.8 Å². The molecule has 134 valence electrons. The summed E-state index contributed by atoms with van der Waals surface area (Å²) < 4.78 is 7.08. The fourth-order valence-electron chi connectivity index (χ4n) is 2.86. The zero-order chi connectivity index (χ0) is 18.0. The molecule has 0 radical (unpaired) electrons. The summed E-state index contributed by atoms with van der Waals surface area (Å²) in [5.41, 5.74) is 2.09. The van der Waals surface area contributed by atoms with E-state index in [2.05, 4.69) is 10.4 Å². The smallest absolute Gasteiger partial charge is 0.323 e. The number of aryl methyl sites for hydroxylation is 1. The van der Waals surface area contributed by atoms with Crippen molar-refractivity contribution < 1.29 is 14.6 Å². The number of likely N-dealkylation sites (tertiary alicyclic amines) is 1. The number of rotatable bonds is 5. The van der Waals surface area contributed by atoms with Gasteiger partial charge in [0, 0.05) is 18.7 Å². The van der Waals surface area contributed by atoms with Gasteiger partial charge in [-0.15, -0.1) is 5.10 Å². The van der Waals surface area contributed by atoms with Gasteiger partial charge < -0.3 is 15.2 Å². The SMILES string of the molecule is COC(=O)[C@@H]1C[C@@H](O)CN1Cn1nc(Nc2ccccc2C)sc1=S. The second kappa shape index (κ2) is 7.61. The van der Waals surface area contributed by atoms with Gasteiger partial charge in [-0.2, -0.15) is 0 Å². The van der Waals surface area contributed by atoms with Gasteiger partial charge in [0.05, 0.1) is 19.9 Å². The Kier molecular flexibility index (Phi) is 5.48. The standard InChI is InChI=1S/C16H20N4O3S2/c1-10-5-3-4-6-12(10)17-15-18-20(16(24)25-15)9-19-8-11(21)7-13(19)14(22)23-2/h3-6,11,13,21H,7-9H2,1-2H3,(H,17,18)/t11-,13+/m1/s1. The number of ether oxygens (including phenoxy) is 1. The second-order valence-corrected chi connectivity index (χ2v) is 7.58. The lowest BCUT2D eigenvalue weighted by Crippen LogP contribution is -2.38. The van der Waals surface area contributed by atoms with Gasteiger partial charge in [-0.1, -0.05) is 29.5 Å². The monoisotopic (exact) mass is 380 g/mol. The van der Waals surface area contributed by atoms with Gasteiger partial charge in [-0.05, 0) is 30.8 Å². The molecule has 0 spiro atoms. The Morgan fingerprint density at radius 3 is 3.00 bits per heavy atom. The van der Waals surface area contributed by atoms with Gasteiger partial charge in [0.15, 0.2) is 3.95 Å². The molecule has 1 saturated heterocycles. The van der Waals surface area contributed by atoms with Crippen LogP contribution in [0.3, 0.4) is 0 Å². The van der Waals surface area contributed by atoms with Gasteiger partial charge in [0.2, 0.25) is 5.13 Å². The number of β-amino-alcohol motifs (C(OH)–C–C–N with tert-alkyl or cyclic N) is 1. The maximum Gasteiger partial charge on any atom is 0.323 e. The molecular weight excluding hydrogens is 360 g/mol. The molecule has 1 aromatic carbocycles. The van der Waals surface area contributed by atoms with E-state index in [4.69, 9.17) is 17.0 Å². The molecular formula is C16H20N4O3S2. The van der Waals surface area contributed by atoms with Gasteiger partial charge in [-0.25, -0.2) is 4.68 Å². The first-order chi connectivity index (χ1) is 12.0. The van der Waals surface area contributed by atoms with Gasteiger partial charge in [-0.3, -0.25) is 9.69 Å². The van der Waals surface area contributed by atoms with E-state index in [9.17, 15) is 9.90 Å². The fraction of sp³-hybridized carbons (Fsp3) is 0.438. The molecule has 0 saturated carbocycles. The summed E-state index contributed by atoms with van der Waals surface area (Å²) in [6.45, 7) is 2.74. The third-order valence-electron chi connectivity index (χ3n) is 4.16. The minimum Gasteiger partial charge on any atom is -0.468 e. The highest BCUT2D eigenvalue weighted by Crippen LogP contribution is 2.25. The van der Waals surface area contributed by atoms with Gasteiger partial charge >= 0.3 is 5.97 Å². The van der Waals surface area contributed by atoms with Crippen molar-refractivity contribution in [3.63, 3.8) is 0 Å². The van der Waals surface area contributed by atoms with E-state index in [-0.39, 0.29) is 5.97 Å². The Balaban J connectivity index is 1.75. The van der Waals surface area contributed by atoms with Crippen LogP contribution in [0.5, 0.6) is 0 Å². The third-order valence-corrected chi connectivity index (χ3v) is 5.39. The van der Waals surface area contributed by atoms with Crippen LogP contribution in [0.4, 0.5) is 10.8 Å². The Labute approximate surface area is 154 Å². The molecule has 2 atom stereocenters. The van der Waals surface area contributed by atoms with E-state index in [0.717, 1.165) is 11.3 Å². The van der Waals surface area contributed by atoms with Crippen LogP contribution in [0.25, 0.3) is 0 Å². The van der Waals surface area contributed by atoms with Crippen molar-refractivity contribution in [2.75, 3.05) is 19.0 Å². The topological polar surface area (TPSA) is 79.6 Å². The minimum atomic E-state index is -0.554. The van der Waals surface area contributed by atoms with E-state index in [1.807, 2.05) is 36.1 Å². The molecule has 3 rings (SSSR count). The van der Waals surface area contributed by atoms with Crippen molar-refractivity contribution in [2.24, 2.45) is 0 Å². The summed E-state index contributed by atoms with van der Waals surface area (Å²) >= 11 is 6.76. The number of carbonyl (C=O) groups is 1. The zero-order valence-corrected chi connectivity index (χ0v) is 15.6. The lowest BCUT2D eigenvalue weighted by atomic mass is 10.2. The van der Waals surface area contributed by atoms with Crippen molar-refractivity contribution in [2.45, 2.75) is 32.2 Å². The van der Waals surface area contributed by atoms with Crippen LogP contribution in [0.2, 0.25) is 0 Å². The van der Waals surface area contributed by atoms with Crippen LogP contribution >= 0.6 is 23.6 Å². The van der Waals surface area contributed by atoms with Crippen molar-refractivity contribution in [1.82, 2.24) is 14.7 Å². The summed E-state index contributed by atoms with van der Waals surface area (Å²) in [5, 5.41) is 18.3. The number of nitrogens with zero attached hydrogens (tertiary/aromatic N) is 3. The van der Waals surface area contributed by atoms with Crippen molar-refractivity contribution in [3.8, 4) is 0 Å². The number of benzene rings is 1.